The monoisotopic (exact) mass is 434 g/mol. The molecule has 1 aliphatic rings. The number of nitrogens with one attached hydrogen (secondary N) is 1. The van der Waals surface area contributed by atoms with Crippen molar-refractivity contribution in [2.45, 2.75) is 6.18 Å². The van der Waals surface area contributed by atoms with Gasteiger partial charge in [-0.3, -0.25) is 4.79 Å². The molecular formula is C21H18ClF3N4O. The number of rotatable bonds is 4. The number of anilines is 2. The number of nitrogens with zero attached hydrogens (tertiary/aromatic N) is 3. The number of halogens is 4. The van der Waals surface area contributed by atoms with E-state index in [1.165, 1.54) is 12.3 Å². The summed E-state index contributed by atoms with van der Waals surface area (Å²) < 4.78 is 38.9. The second-order valence-corrected chi connectivity index (χ2v) is 7.07. The molecule has 3 rings (SSSR count). The third-order valence-electron chi connectivity index (χ3n) is 4.64. The van der Waals surface area contributed by atoms with Crippen molar-refractivity contribution in [3.05, 3.63) is 70.9 Å². The lowest BCUT2D eigenvalue weighted by Gasteiger charge is -2.35. The number of carbonyl (C=O) groups is 1. The highest BCUT2D eigenvalue weighted by Crippen LogP contribution is 2.36. The van der Waals surface area contributed by atoms with E-state index in [-0.39, 0.29) is 11.3 Å². The van der Waals surface area contributed by atoms with Crippen LogP contribution in [0.15, 0.2) is 60.3 Å². The summed E-state index contributed by atoms with van der Waals surface area (Å²) in [5.74, 6) is -0.779. The smallest absolute Gasteiger partial charge is 0.373 e. The van der Waals surface area contributed by atoms with E-state index in [9.17, 15) is 23.2 Å². The predicted octanol–water partition coefficient (Wildman–Crippen LogP) is 4.53. The standard InChI is InChI=1S/C21H18ClF3N4O/c22-19-7-6-16(12-18(19)21(23,24)25)27-20(30)15(13-26)14-28-8-10-29(11-9-28)17-4-2-1-3-5-17/h1-7,12,14H,8-11H2,(H,27,30)/b15-14-. The van der Waals surface area contributed by atoms with Gasteiger partial charge in [-0.25, -0.2) is 0 Å². The number of amides is 1. The zero-order valence-corrected chi connectivity index (χ0v) is 16.5. The van der Waals surface area contributed by atoms with Crippen LogP contribution in [0, 0.1) is 11.3 Å². The molecule has 1 fully saturated rings. The van der Waals surface area contributed by atoms with E-state index in [1.807, 2.05) is 41.3 Å². The first-order valence-corrected chi connectivity index (χ1v) is 9.50. The molecule has 2 aromatic carbocycles. The lowest BCUT2D eigenvalue weighted by molar-refractivity contribution is -0.137. The summed E-state index contributed by atoms with van der Waals surface area (Å²) in [4.78, 5) is 16.4. The summed E-state index contributed by atoms with van der Waals surface area (Å²) in [5.41, 5.74) is -0.234. The van der Waals surface area contributed by atoms with Crippen molar-refractivity contribution in [2.24, 2.45) is 0 Å². The van der Waals surface area contributed by atoms with E-state index in [1.54, 1.807) is 0 Å². The highest BCUT2D eigenvalue weighted by atomic mass is 35.5. The fourth-order valence-electron chi connectivity index (χ4n) is 3.09. The molecule has 9 heteroatoms. The highest BCUT2D eigenvalue weighted by molar-refractivity contribution is 6.31. The molecule has 2 aromatic rings. The van der Waals surface area contributed by atoms with Crippen molar-refractivity contribution in [3.63, 3.8) is 0 Å². The Morgan fingerprint density at radius 2 is 1.77 bits per heavy atom. The van der Waals surface area contributed by atoms with Crippen molar-refractivity contribution in [3.8, 4) is 6.07 Å². The highest BCUT2D eigenvalue weighted by Gasteiger charge is 2.33. The third-order valence-corrected chi connectivity index (χ3v) is 4.97. The molecule has 1 amide bonds. The lowest BCUT2D eigenvalue weighted by Crippen LogP contribution is -2.44. The number of benzene rings is 2. The van der Waals surface area contributed by atoms with Gasteiger partial charge >= 0.3 is 6.18 Å². The maximum absolute atomic E-state index is 13.0. The van der Waals surface area contributed by atoms with Crippen LogP contribution >= 0.6 is 11.6 Å². The SMILES string of the molecule is N#C/C(=C/N1CCN(c2ccccc2)CC1)C(=O)Nc1ccc(Cl)c(C(F)(F)F)c1. The van der Waals surface area contributed by atoms with Crippen LogP contribution in [0.4, 0.5) is 24.5 Å². The van der Waals surface area contributed by atoms with Gasteiger partial charge in [-0.05, 0) is 30.3 Å². The molecule has 1 saturated heterocycles. The second kappa shape index (κ2) is 9.09. The van der Waals surface area contributed by atoms with E-state index >= 15 is 0 Å². The van der Waals surface area contributed by atoms with Crippen LogP contribution in [0.25, 0.3) is 0 Å². The van der Waals surface area contributed by atoms with Crippen LogP contribution in [0.2, 0.25) is 5.02 Å². The average Bonchev–Trinajstić information content (AvgIpc) is 2.73. The van der Waals surface area contributed by atoms with Crippen molar-refractivity contribution in [2.75, 3.05) is 36.4 Å². The first-order chi connectivity index (χ1) is 14.3. The maximum atomic E-state index is 13.0. The van der Waals surface area contributed by atoms with Gasteiger partial charge in [-0.1, -0.05) is 29.8 Å². The Morgan fingerprint density at radius 1 is 1.10 bits per heavy atom. The van der Waals surface area contributed by atoms with Crippen LogP contribution in [-0.2, 0) is 11.0 Å². The molecule has 0 spiro atoms. The van der Waals surface area contributed by atoms with Crippen LogP contribution < -0.4 is 10.2 Å². The van der Waals surface area contributed by atoms with Gasteiger partial charge in [0.15, 0.2) is 0 Å². The summed E-state index contributed by atoms with van der Waals surface area (Å²) in [5, 5.41) is 11.2. The molecule has 0 aliphatic carbocycles. The van der Waals surface area contributed by atoms with E-state index in [4.69, 9.17) is 11.6 Å². The molecule has 0 atom stereocenters. The summed E-state index contributed by atoms with van der Waals surface area (Å²) in [6.07, 6.45) is -3.21. The van der Waals surface area contributed by atoms with Gasteiger partial charge in [-0.15, -0.1) is 0 Å². The Kier molecular flexibility index (Phi) is 6.53. The number of alkyl halides is 3. The van der Waals surface area contributed by atoms with Gasteiger partial charge in [-0.2, -0.15) is 18.4 Å². The maximum Gasteiger partial charge on any atom is 0.417 e. The summed E-state index contributed by atoms with van der Waals surface area (Å²) in [6.45, 7) is 2.64. The Morgan fingerprint density at radius 3 is 2.37 bits per heavy atom. The lowest BCUT2D eigenvalue weighted by atomic mass is 10.2. The molecule has 0 saturated carbocycles. The van der Waals surface area contributed by atoms with E-state index in [0.29, 0.717) is 26.2 Å². The number of nitriles is 1. The topological polar surface area (TPSA) is 59.4 Å². The van der Waals surface area contributed by atoms with Crippen molar-refractivity contribution < 1.29 is 18.0 Å². The minimum absolute atomic E-state index is 0.0910. The summed E-state index contributed by atoms with van der Waals surface area (Å²) in [6, 6.07) is 14.8. The van der Waals surface area contributed by atoms with Crippen LogP contribution in [0.3, 0.4) is 0 Å². The molecule has 1 aliphatic heterocycles. The number of hydrogen-bond acceptors (Lipinski definition) is 4. The predicted molar refractivity (Wildman–Crippen MR) is 109 cm³/mol. The molecule has 30 heavy (non-hydrogen) atoms. The number of hydrogen-bond donors (Lipinski definition) is 1. The molecule has 1 N–H and O–H groups in total. The van der Waals surface area contributed by atoms with Crippen LogP contribution in [-0.4, -0.2) is 37.0 Å². The van der Waals surface area contributed by atoms with Crippen molar-refractivity contribution >= 4 is 28.9 Å². The van der Waals surface area contributed by atoms with E-state index < -0.39 is 22.7 Å². The molecular weight excluding hydrogens is 417 g/mol. The molecule has 156 valence electrons. The van der Waals surface area contributed by atoms with Crippen molar-refractivity contribution in [1.82, 2.24) is 4.90 Å². The van der Waals surface area contributed by atoms with Gasteiger partial charge in [0.1, 0.15) is 11.6 Å². The van der Waals surface area contributed by atoms with Gasteiger partial charge in [0.05, 0.1) is 10.6 Å². The van der Waals surface area contributed by atoms with Gasteiger partial charge in [0.2, 0.25) is 0 Å². The van der Waals surface area contributed by atoms with Gasteiger partial charge in [0, 0.05) is 43.8 Å². The van der Waals surface area contributed by atoms with Crippen LogP contribution in [0.5, 0.6) is 0 Å². The van der Waals surface area contributed by atoms with Crippen molar-refractivity contribution in [1.29, 1.82) is 5.26 Å². The summed E-state index contributed by atoms with van der Waals surface area (Å²) >= 11 is 5.59. The quantitative estimate of drug-likeness (QED) is 0.567. The van der Waals surface area contributed by atoms with Gasteiger partial charge < -0.3 is 15.1 Å². The second-order valence-electron chi connectivity index (χ2n) is 6.66. The van der Waals surface area contributed by atoms with Gasteiger partial charge in [0.25, 0.3) is 5.91 Å². The number of piperazine rings is 1. The third kappa shape index (κ3) is 5.24. The fourth-order valence-corrected chi connectivity index (χ4v) is 3.31. The molecule has 5 nitrogen and oxygen atoms in total. The minimum atomic E-state index is -4.65. The molecule has 0 bridgehead atoms. The Labute approximate surface area is 177 Å². The molecule has 0 unspecified atom stereocenters. The minimum Gasteiger partial charge on any atom is -0.373 e. The largest absolute Gasteiger partial charge is 0.417 e. The van der Waals surface area contributed by atoms with E-state index in [0.717, 1.165) is 17.8 Å². The Bertz CT molecular complexity index is 978. The molecule has 0 aromatic heterocycles. The van der Waals surface area contributed by atoms with Crippen LogP contribution in [0.1, 0.15) is 5.56 Å². The zero-order valence-electron chi connectivity index (χ0n) is 15.8. The normalized spacial score (nSPS) is 15.0. The average molecular weight is 435 g/mol. The number of para-hydroxylation sites is 1. The molecule has 0 radical (unpaired) electrons. The first kappa shape index (κ1) is 21.5. The summed E-state index contributed by atoms with van der Waals surface area (Å²) in [7, 11) is 0. The Balaban J connectivity index is 1.66. The zero-order chi connectivity index (χ0) is 21.7. The number of carbonyl (C=O) groups excluding carboxylic acids is 1. The fraction of sp³-hybridized carbons (Fsp3) is 0.238. The van der Waals surface area contributed by atoms with E-state index in [2.05, 4.69) is 10.2 Å². The molecule has 1 heterocycles. The Hall–Kier alpha value is -3.18. The first-order valence-electron chi connectivity index (χ1n) is 9.12.